The molecule has 1 aromatic heterocycles. The molecule has 3 N–H and O–H groups in total. The number of halogens is 1. The Labute approximate surface area is 133 Å². The number of nitrogens with two attached hydrogens (primary N) is 1. The lowest BCUT2D eigenvalue weighted by Gasteiger charge is -2.11. The molecule has 3 rings (SSSR count). The van der Waals surface area contributed by atoms with Gasteiger partial charge in [-0.3, -0.25) is 4.79 Å². The second-order valence-corrected chi connectivity index (χ2v) is 5.75. The van der Waals surface area contributed by atoms with Gasteiger partial charge in [-0.15, -0.1) is 0 Å². The summed E-state index contributed by atoms with van der Waals surface area (Å²) in [6, 6.07) is 15.4. The highest BCUT2D eigenvalue weighted by molar-refractivity contribution is 6.30. The number of nitrogens with zero attached hydrogens (tertiary/aromatic N) is 1. The molecule has 3 aromatic rings. The molecule has 0 unspecified atom stereocenters. The zero-order valence-electron chi connectivity index (χ0n) is 12.2. The van der Waals surface area contributed by atoms with Gasteiger partial charge in [0.1, 0.15) is 12.6 Å². The van der Waals surface area contributed by atoms with Crippen LogP contribution >= 0.6 is 11.6 Å². The number of fused-ring (bicyclic) bond motifs is 1. The number of hydrogen-bond donors (Lipinski definition) is 2. The van der Waals surface area contributed by atoms with Crippen LogP contribution in [0.1, 0.15) is 24.4 Å². The van der Waals surface area contributed by atoms with Crippen LogP contribution in [-0.2, 0) is 6.54 Å². The zero-order valence-corrected chi connectivity index (χ0v) is 13.0. The maximum absolute atomic E-state index is 12.0. The highest BCUT2D eigenvalue weighted by Gasteiger charge is 2.10. The number of aromatic nitrogens is 2. The van der Waals surface area contributed by atoms with Gasteiger partial charge in [0.05, 0.1) is 10.9 Å². The summed E-state index contributed by atoms with van der Waals surface area (Å²) in [5, 5.41) is 3.49. The number of H-pyrrole nitrogens is 1. The lowest BCUT2D eigenvalue weighted by Crippen LogP contribution is -2.83. The zero-order chi connectivity index (χ0) is 15.5. The summed E-state index contributed by atoms with van der Waals surface area (Å²) in [7, 11) is 0. The first-order chi connectivity index (χ1) is 10.6. The Morgan fingerprint density at radius 2 is 1.91 bits per heavy atom. The maximum atomic E-state index is 12.0. The lowest BCUT2D eigenvalue weighted by atomic mass is 10.1. The summed E-state index contributed by atoms with van der Waals surface area (Å²) in [6.45, 7) is 2.73. The summed E-state index contributed by atoms with van der Waals surface area (Å²) in [6.07, 6.45) is 0. The molecule has 22 heavy (non-hydrogen) atoms. The fraction of sp³-hybridized carbons (Fsp3) is 0.176. The van der Waals surface area contributed by atoms with Gasteiger partial charge in [0.25, 0.3) is 5.56 Å². The fourth-order valence-electron chi connectivity index (χ4n) is 2.42. The van der Waals surface area contributed by atoms with Crippen LogP contribution in [0.25, 0.3) is 10.9 Å². The maximum Gasteiger partial charge on any atom is 0.258 e. The van der Waals surface area contributed by atoms with Crippen molar-refractivity contribution in [1.29, 1.82) is 0 Å². The Bertz CT molecular complexity index is 842. The summed E-state index contributed by atoms with van der Waals surface area (Å²) in [5.74, 6) is 0.685. The Kier molecular flexibility index (Phi) is 4.22. The van der Waals surface area contributed by atoms with Crippen molar-refractivity contribution in [3.05, 3.63) is 75.3 Å². The summed E-state index contributed by atoms with van der Waals surface area (Å²) < 4.78 is 0. The van der Waals surface area contributed by atoms with Crippen LogP contribution in [-0.4, -0.2) is 9.97 Å². The van der Waals surface area contributed by atoms with Gasteiger partial charge in [-0.1, -0.05) is 35.9 Å². The fourth-order valence-corrected chi connectivity index (χ4v) is 2.55. The average molecular weight is 315 g/mol. The molecule has 1 atom stereocenters. The van der Waals surface area contributed by atoms with Crippen molar-refractivity contribution < 1.29 is 5.32 Å². The van der Waals surface area contributed by atoms with E-state index in [-0.39, 0.29) is 11.6 Å². The number of hydrogen-bond acceptors (Lipinski definition) is 2. The van der Waals surface area contributed by atoms with Crippen molar-refractivity contribution in [3.8, 4) is 0 Å². The average Bonchev–Trinajstić information content (AvgIpc) is 2.53. The molecular formula is C17H17ClN3O+. The third-order valence-corrected chi connectivity index (χ3v) is 3.97. The molecule has 0 saturated carbocycles. The van der Waals surface area contributed by atoms with Crippen LogP contribution in [0.4, 0.5) is 0 Å². The van der Waals surface area contributed by atoms with Crippen LogP contribution in [0.15, 0.2) is 53.3 Å². The number of rotatable bonds is 4. The first kappa shape index (κ1) is 14.8. The van der Waals surface area contributed by atoms with E-state index in [1.54, 1.807) is 6.07 Å². The predicted molar refractivity (Wildman–Crippen MR) is 87.9 cm³/mol. The molecule has 112 valence electrons. The molecular weight excluding hydrogens is 298 g/mol. The molecule has 0 bridgehead atoms. The molecule has 0 saturated heterocycles. The molecule has 0 amide bonds. The van der Waals surface area contributed by atoms with Gasteiger partial charge >= 0.3 is 0 Å². The van der Waals surface area contributed by atoms with Gasteiger partial charge in [-0.05, 0) is 31.2 Å². The van der Waals surface area contributed by atoms with E-state index in [1.165, 1.54) is 5.56 Å². The number of para-hydroxylation sites is 1. The molecule has 0 aliphatic rings. The number of benzene rings is 2. The van der Waals surface area contributed by atoms with E-state index >= 15 is 0 Å². The van der Waals surface area contributed by atoms with Crippen molar-refractivity contribution >= 4 is 22.5 Å². The molecule has 0 radical (unpaired) electrons. The minimum absolute atomic E-state index is 0.0897. The third kappa shape index (κ3) is 3.18. The highest BCUT2D eigenvalue weighted by atomic mass is 35.5. The second kappa shape index (κ2) is 6.30. The normalized spacial score (nSPS) is 12.5. The van der Waals surface area contributed by atoms with Crippen molar-refractivity contribution in [2.24, 2.45) is 0 Å². The minimum Gasteiger partial charge on any atom is -0.334 e. The van der Waals surface area contributed by atoms with Crippen LogP contribution < -0.4 is 10.9 Å². The molecule has 1 heterocycles. The Hall–Kier alpha value is -2.17. The predicted octanol–water partition coefficient (Wildman–Crippen LogP) is 2.40. The number of nitrogens with one attached hydrogen (secondary N) is 1. The van der Waals surface area contributed by atoms with Gasteiger partial charge in [-0.2, -0.15) is 0 Å². The van der Waals surface area contributed by atoms with Gasteiger partial charge in [-0.25, -0.2) is 4.98 Å². The lowest BCUT2D eigenvalue weighted by molar-refractivity contribution is -0.708. The third-order valence-electron chi connectivity index (χ3n) is 3.72. The van der Waals surface area contributed by atoms with Crippen LogP contribution in [0.3, 0.4) is 0 Å². The first-order valence-corrected chi connectivity index (χ1v) is 7.58. The van der Waals surface area contributed by atoms with Gasteiger partial charge in [0.15, 0.2) is 5.82 Å². The van der Waals surface area contributed by atoms with E-state index in [2.05, 4.69) is 22.2 Å². The molecule has 0 aliphatic heterocycles. The SMILES string of the molecule is C[C@@H]([NH2+]Cc1nc2ccccc2c(=O)[nH]1)c1ccc(Cl)cc1. The monoisotopic (exact) mass is 314 g/mol. The molecule has 0 aliphatic carbocycles. The van der Waals surface area contributed by atoms with Crippen molar-refractivity contribution in [2.45, 2.75) is 19.5 Å². The van der Waals surface area contributed by atoms with E-state index in [9.17, 15) is 4.79 Å². The number of quaternary nitrogens is 1. The minimum atomic E-state index is -0.0897. The van der Waals surface area contributed by atoms with Crippen molar-refractivity contribution in [1.82, 2.24) is 9.97 Å². The van der Waals surface area contributed by atoms with Crippen molar-refractivity contribution in [2.75, 3.05) is 0 Å². The first-order valence-electron chi connectivity index (χ1n) is 7.20. The smallest absolute Gasteiger partial charge is 0.258 e. The van der Waals surface area contributed by atoms with E-state index in [1.807, 2.05) is 42.5 Å². The summed E-state index contributed by atoms with van der Waals surface area (Å²) >= 11 is 5.90. The summed E-state index contributed by atoms with van der Waals surface area (Å²) in [5.41, 5.74) is 1.83. The highest BCUT2D eigenvalue weighted by Crippen LogP contribution is 2.13. The van der Waals surface area contributed by atoms with Gasteiger partial charge in [0.2, 0.25) is 0 Å². The largest absolute Gasteiger partial charge is 0.334 e. The Morgan fingerprint density at radius 1 is 1.18 bits per heavy atom. The molecule has 5 heteroatoms. The van der Waals surface area contributed by atoms with Crippen LogP contribution in [0.2, 0.25) is 5.02 Å². The van der Waals surface area contributed by atoms with Crippen molar-refractivity contribution in [3.63, 3.8) is 0 Å². The van der Waals surface area contributed by atoms with E-state index in [0.29, 0.717) is 17.8 Å². The Balaban J connectivity index is 1.76. The second-order valence-electron chi connectivity index (χ2n) is 5.31. The van der Waals surface area contributed by atoms with E-state index < -0.39 is 0 Å². The molecule has 4 nitrogen and oxygen atoms in total. The standard InChI is InChI=1S/C17H16ClN3O/c1-11(12-6-8-13(18)9-7-12)19-10-16-20-15-5-3-2-4-14(15)17(22)21-16/h2-9,11,19H,10H2,1H3,(H,20,21,22)/p+1/t11-/m1/s1. The quantitative estimate of drug-likeness (QED) is 0.777. The molecule has 0 fully saturated rings. The molecule has 0 spiro atoms. The number of aromatic amines is 1. The van der Waals surface area contributed by atoms with Gasteiger partial charge in [0, 0.05) is 10.6 Å². The van der Waals surface area contributed by atoms with E-state index in [4.69, 9.17) is 11.6 Å². The summed E-state index contributed by atoms with van der Waals surface area (Å²) in [4.78, 5) is 19.4. The Morgan fingerprint density at radius 3 is 2.68 bits per heavy atom. The van der Waals surface area contributed by atoms with Crippen LogP contribution in [0.5, 0.6) is 0 Å². The molecule has 2 aromatic carbocycles. The van der Waals surface area contributed by atoms with Gasteiger partial charge < -0.3 is 10.3 Å². The van der Waals surface area contributed by atoms with E-state index in [0.717, 1.165) is 10.5 Å². The van der Waals surface area contributed by atoms with Crippen LogP contribution in [0, 0.1) is 0 Å². The topological polar surface area (TPSA) is 62.4 Å².